The largest absolute Gasteiger partial charge is 0.492 e. The van der Waals surface area contributed by atoms with Gasteiger partial charge in [0.1, 0.15) is 0 Å². The van der Waals surface area contributed by atoms with Crippen molar-refractivity contribution in [2.45, 2.75) is 0 Å². The number of hydrogen-bond donors (Lipinski definition) is 5. The first-order valence-electron chi connectivity index (χ1n) is 12.4. The van der Waals surface area contributed by atoms with Crippen LogP contribution in [-0.2, 0) is 4.79 Å². The molecule has 0 radical (unpaired) electrons. The fourth-order valence-corrected chi connectivity index (χ4v) is 3.77. The second-order valence-corrected chi connectivity index (χ2v) is 8.67. The number of aliphatic hydroxyl groups is 1. The highest BCUT2D eigenvalue weighted by Gasteiger charge is 2.15. The predicted octanol–water partition coefficient (Wildman–Crippen LogP) is 4.90. The summed E-state index contributed by atoms with van der Waals surface area (Å²) < 4.78 is 0. The summed E-state index contributed by atoms with van der Waals surface area (Å²) in [6.07, 6.45) is 5.10. The van der Waals surface area contributed by atoms with Crippen LogP contribution in [0.3, 0.4) is 0 Å². The predicted molar refractivity (Wildman–Crippen MR) is 160 cm³/mol. The van der Waals surface area contributed by atoms with Gasteiger partial charge in [-0.05, 0) is 60.7 Å². The minimum absolute atomic E-state index is 0.0224. The first kappa shape index (κ1) is 28.8. The molecule has 0 aliphatic rings. The van der Waals surface area contributed by atoms with Crippen molar-refractivity contribution in [2.24, 2.45) is 10.8 Å². The average molecular weight is 563 g/mol. The SMILES string of the molecule is C=C/C=C(\C=C(/N)c1cc(C(=O)O)cc(-c2cc(/C(O)=N/NN(c3ccccc3)c3ccccc3)ccn2)n1)C(=O)O. The highest BCUT2D eigenvalue weighted by atomic mass is 16.4. The molecule has 0 bridgehead atoms. The van der Waals surface area contributed by atoms with E-state index in [2.05, 4.69) is 27.2 Å². The number of nitrogens with two attached hydrogens (primary N) is 1. The number of carboxylic acid groups (broad SMARTS) is 2. The topological polar surface area (TPSA) is 174 Å². The van der Waals surface area contributed by atoms with Crippen molar-refractivity contribution in [3.05, 3.63) is 138 Å². The van der Waals surface area contributed by atoms with E-state index in [1.807, 2.05) is 60.7 Å². The summed E-state index contributed by atoms with van der Waals surface area (Å²) in [7, 11) is 0. The molecule has 0 saturated carbocycles. The van der Waals surface area contributed by atoms with Gasteiger partial charge in [0.2, 0.25) is 5.90 Å². The number of hydrogen-bond acceptors (Lipinski definition) is 8. The maximum atomic E-state index is 11.9. The molecule has 0 unspecified atom stereocenters. The van der Waals surface area contributed by atoms with Gasteiger partial charge in [-0.25, -0.2) is 25.1 Å². The highest BCUT2D eigenvalue weighted by molar-refractivity contribution is 5.95. The zero-order chi connectivity index (χ0) is 30.1. The molecule has 2 heterocycles. The number of carboxylic acids is 2. The van der Waals surface area contributed by atoms with Gasteiger partial charge in [0, 0.05) is 11.8 Å². The Hall–Kier alpha value is -6.23. The molecule has 0 aliphatic heterocycles. The smallest absolute Gasteiger partial charge is 0.335 e. The van der Waals surface area contributed by atoms with E-state index in [4.69, 9.17) is 5.73 Å². The number of nitrogens with zero attached hydrogens (tertiary/aromatic N) is 4. The molecule has 2 aromatic heterocycles. The highest BCUT2D eigenvalue weighted by Crippen LogP contribution is 2.24. The minimum Gasteiger partial charge on any atom is -0.492 e. The van der Waals surface area contributed by atoms with Crippen molar-refractivity contribution in [3.8, 4) is 11.4 Å². The molecular weight excluding hydrogens is 536 g/mol. The number of hydrazine groups is 1. The summed E-state index contributed by atoms with van der Waals surface area (Å²) in [5.74, 6) is -2.87. The number of allylic oxidation sites excluding steroid dienone is 2. The molecule has 4 rings (SSSR count). The van der Waals surface area contributed by atoms with Crippen LogP contribution in [0.25, 0.3) is 17.1 Å². The molecule has 0 atom stereocenters. The molecular formula is C31H26N6O5. The van der Waals surface area contributed by atoms with Crippen LogP contribution < -0.4 is 16.3 Å². The van der Waals surface area contributed by atoms with Crippen LogP contribution in [-0.4, -0.2) is 43.1 Å². The standard InChI is InChI=1S/C31H26N6O5/c1-2-9-21(30(39)40)16-25(32)26-18-22(31(41)42)19-28(34-26)27-17-20(14-15-33-27)29(38)35-36-37(23-10-5-3-6-11-23)24-12-7-4-8-13-24/h2-19,36H,1,32H2,(H,35,38)(H,39,40)(H,41,42)/b21-9+,25-16-. The van der Waals surface area contributed by atoms with E-state index in [-0.39, 0.29) is 45.4 Å². The first-order chi connectivity index (χ1) is 20.3. The van der Waals surface area contributed by atoms with E-state index in [1.165, 1.54) is 42.6 Å². The van der Waals surface area contributed by atoms with Gasteiger partial charge < -0.3 is 21.1 Å². The van der Waals surface area contributed by atoms with Gasteiger partial charge >= 0.3 is 11.9 Å². The Balaban J connectivity index is 1.69. The molecule has 0 saturated heterocycles. The second kappa shape index (κ2) is 13.2. The summed E-state index contributed by atoms with van der Waals surface area (Å²) >= 11 is 0. The molecule has 210 valence electrons. The van der Waals surface area contributed by atoms with Gasteiger partial charge in [-0.15, -0.1) is 5.10 Å². The monoisotopic (exact) mass is 562 g/mol. The number of anilines is 2. The van der Waals surface area contributed by atoms with E-state index < -0.39 is 11.9 Å². The van der Waals surface area contributed by atoms with Crippen LogP contribution in [0.5, 0.6) is 0 Å². The van der Waals surface area contributed by atoms with Crippen molar-refractivity contribution in [2.75, 3.05) is 5.01 Å². The number of aliphatic carboxylic acids is 1. The summed E-state index contributed by atoms with van der Waals surface area (Å²) in [6, 6.07) is 24.3. The lowest BCUT2D eigenvalue weighted by Crippen LogP contribution is -2.30. The third kappa shape index (κ3) is 7.04. The number of aliphatic hydroxyl groups excluding tert-OH is 1. The summed E-state index contributed by atoms with van der Waals surface area (Å²) in [5, 5.41) is 35.7. The number of nitrogens with one attached hydrogen (secondary N) is 1. The fraction of sp³-hybridized carbons (Fsp3) is 0. The van der Waals surface area contributed by atoms with Crippen LogP contribution in [0, 0.1) is 0 Å². The Labute approximate surface area is 240 Å². The lowest BCUT2D eigenvalue weighted by Gasteiger charge is -2.23. The van der Waals surface area contributed by atoms with Gasteiger partial charge in [0.15, 0.2) is 0 Å². The summed E-state index contributed by atoms with van der Waals surface area (Å²) in [4.78, 5) is 32.0. The molecule has 0 fully saturated rings. The molecule has 0 spiro atoms. The lowest BCUT2D eigenvalue weighted by molar-refractivity contribution is -0.132. The Morgan fingerprint density at radius 2 is 1.50 bits per heavy atom. The second-order valence-electron chi connectivity index (χ2n) is 8.67. The molecule has 11 heteroatoms. The molecule has 42 heavy (non-hydrogen) atoms. The van der Waals surface area contributed by atoms with Crippen LogP contribution in [0.4, 0.5) is 11.4 Å². The van der Waals surface area contributed by atoms with E-state index in [0.717, 1.165) is 17.5 Å². The maximum absolute atomic E-state index is 11.9. The number of para-hydroxylation sites is 2. The third-order valence-electron chi connectivity index (χ3n) is 5.79. The van der Waals surface area contributed by atoms with Gasteiger partial charge in [-0.1, -0.05) is 49.1 Å². The minimum atomic E-state index is -1.25. The van der Waals surface area contributed by atoms with Gasteiger partial charge in [-0.3, -0.25) is 4.98 Å². The Morgan fingerprint density at radius 3 is 2.07 bits per heavy atom. The zero-order valence-corrected chi connectivity index (χ0v) is 22.1. The van der Waals surface area contributed by atoms with E-state index in [0.29, 0.717) is 0 Å². The van der Waals surface area contributed by atoms with Gasteiger partial charge in [0.25, 0.3) is 0 Å². The number of benzene rings is 2. The summed E-state index contributed by atoms with van der Waals surface area (Å²) in [5.41, 5.74) is 10.8. The number of rotatable bonds is 11. The van der Waals surface area contributed by atoms with Crippen LogP contribution in [0.15, 0.2) is 127 Å². The zero-order valence-electron chi connectivity index (χ0n) is 22.1. The van der Waals surface area contributed by atoms with Crippen LogP contribution >= 0.6 is 0 Å². The Kier molecular flexibility index (Phi) is 9.05. The average Bonchev–Trinajstić information content (AvgIpc) is 3.01. The van der Waals surface area contributed by atoms with Crippen LogP contribution in [0.1, 0.15) is 21.6 Å². The number of aromatic nitrogens is 2. The van der Waals surface area contributed by atoms with E-state index in [1.54, 1.807) is 5.01 Å². The number of carbonyl (C=O) groups is 2. The quantitative estimate of drug-likeness (QED) is 0.0556. The molecule has 0 amide bonds. The normalized spacial score (nSPS) is 12.0. The van der Waals surface area contributed by atoms with Crippen molar-refractivity contribution >= 4 is 34.9 Å². The maximum Gasteiger partial charge on any atom is 0.335 e. The number of pyridine rings is 2. The van der Waals surface area contributed by atoms with E-state index in [9.17, 15) is 24.9 Å². The van der Waals surface area contributed by atoms with Gasteiger partial charge in [0.05, 0.1) is 45.3 Å². The van der Waals surface area contributed by atoms with Crippen LogP contribution in [0.2, 0.25) is 0 Å². The van der Waals surface area contributed by atoms with E-state index >= 15 is 0 Å². The molecule has 4 aromatic rings. The third-order valence-corrected chi connectivity index (χ3v) is 5.79. The van der Waals surface area contributed by atoms with Crippen molar-refractivity contribution in [1.29, 1.82) is 0 Å². The van der Waals surface area contributed by atoms with Gasteiger partial charge in [-0.2, -0.15) is 0 Å². The van der Waals surface area contributed by atoms with Crippen molar-refractivity contribution in [1.82, 2.24) is 15.5 Å². The first-order valence-corrected chi connectivity index (χ1v) is 12.4. The Morgan fingerprint density at radius 1 is 0.881 bits per heavy atom. The number of aromatic carboxylic acids is 1. The Bertz CT molecular complexity index is 1660. The lowest BCUT2D eigenvalue weighted by atomic mass is 10.1. The molecule has 0 aliphatic carbocycles. The summed E-state index contributed by atoms with van der Waals surface area (Å²) in [6.45, 7) is 3.48. The molecule has 11 nitrogen and oxygen atoms in total. The number of hydrazone groups is 1. The molecule has 6 N–H and O–H groups in total. The van der Waals surface area contributed by atoms with Crippen molar-refractivity contribution in [3.63, 3.8) is 0 Å². The fourth-order valence-electron chi connectivity index (χ4n) is 3.77. The van der Waals surface area contributed by atoms with Crippen molar-refractivity contribution < 1.29 is 24.9 Å². The molecule has 2 aromatic carbocycles.